The lowest BCUT2D eigenvalue weighted by molar-refractivity contribution is 0.448. The minimum atomic E-state index is 0.240. The van der Waals surface area contributed by atoms with E-state index in [-0.39, 0.29) is 6.04 Å². The summed E-state index contributed by atoms with van der Waals surface area (Å²) in [7, 11) is 0. The molecule has 0 amide bonds. The maximum Gasteiger partial charge on any atom is 0.0758 e. The maximum absolute atomic E-state index is 5.59. The van der Waals surface area contributed by atoms with E-state index in [0.29, 0.717) is 5.92 Å². The lowest BCUT2D eigenvalue weighted by atomic mass is 10.0. The molecule has 1 unspecified atom stereocenters. The van der Waals surface area contributed by atoms with Crippen LogP contribution in [0.15, 0.2) is 13.6 Å². The Morgan fingerprint density at radius 3 is 2.47 bits per heavy atom. The van der Waals surface area contributed by atoms with E-state index in [1.807, 2.05) is 0 Å². The van der Waals surface area contributed by atoms with Crippen molar-refractivity contribution in [2.75, 3.05) is 0 Å². The summed E-state index contributed by atoms with van der Waals surface area (Å²) in [6.45, 7) is 4.46. The van der Waals surface area contributed by atoms with Crippen molar-refractivity contribution in [3.8, 4) is 0 Å². The molecule has 1 heterocycles. The predicted molar refractivity (Wildman–Crippen MR) is 73.9 cm³/mol. The first-order chi connectivity index (χ1) is 7.04. The molecule has 86 valence electrons. The van der Waals surface area contributed by atoms with E-state index >= 15 is 0 Å². The van der Waals surface area contributed by atoms with Crippen LogP contribution < -0.4 is 11.3 Å². The molecular formula is C10H16Br2N2S. The summed E-state index contributed by atoms with van der Waals surface area (Å²) < 4.78 is 2.29. The first-order valence-corrected chi connectivity index (χ1v) is 7.35. The molecule has 0 saturated heterocycles. The first-order valence-electron chi connectivity index (χ1n) is 4.95. The monoisotopic (exact) mass is 354 g/mol. The number of hydrazine groups is 1. The van der Waals surface area contributed by atoms with Crippen LogP contribution in [0.4, 0.5) is 0 Å². The van der Waals surface area contributed by atoms with Gasteiger partial charge in [-0.2, -0.15) is 0 Å². The van der Waals surface area contributed by atoms with E-state index < -0.39 is 0 Å². The molecule has 1 atom stereocenters. The second-order valence-electron chi connectivity index (χ2n) is 3.97. The van der Waals surface area contributed by atoms with Gasteiger partial charge in [0.05, 0.1) is 7.57 Å². The summed E-state index contributed by atoms with van der Waals surface area (Å²) in [5.74, 6) is 6.30. The summed E-state index contributed by atoms with van der Waals surface area (Å²) in [6, 6.07) is 2.36. The second-order valence-corrected chi connectivity index (χ2v) is 7.72. The standard InChI is InChI=1S/C10H16Br2N2S/c1-6(2)3-4-8(14-13)7-5-9(11)15-10(7)12/h5-6,8,14H,3-4,13H2,1-2H3. The van der Waals surface area contributed by atoms with E-state index in [4.69, 9.17) is 5.84 Å². The van der Waals surface area contributed by atoms with Crippen LogP contribution in [-0.2, 0) is 0 Å². The molecule has 0 radical (unpaired) electrons. The molecule has 0 saturated carbocycles. The van der Waals surface area contributed by atoms with Gasteiger partial charge in [-0.25, -0.2) is 0 Å². The third-order valence-electron chi connectivity index (χ3n) is 2.29. The van der Waals surface area contributed by atoms with Crippen LogP contribution in [0.25, 0.3) is 0 Å². The molecule has 1 aromatic rings. The van der Waals surface area contributed by atoms with Gasteiger partial charge in [0.15, 0.2) is 0 Å². The van der Waals surface area contributed by atoms with Crippen molar-refractivity contribution in [2.45, 2.75) is 32.7 Å². The number of nitrogens with one attached hydrogen (secondary N) is 1. The molecule has 0 aliphatic carbocycles. The van der Waals surface area contributed by atoms with Gasteiger partial charge in [0.2, 0.25) is 0 Å². The van der Waals surface area contributed by atoms with Gasteiger partial charge < -0.3 is 0 Å². The predicted octanol–water partition coefficient (Wildman–Crippen LogP) is 4.21. The smallest absolute Gasteiger partial charge is 0.0758 e. The van der Waals surface area contributed by atoms with Crippen molar-refractivity contribution in [1.29, 1.82) is 0 Å². The summed E-state index contributed by atoms with van der Waals surface area (Å²) in [5.41, 5.74) is 4.13. The van der Waals surface area contributed by atoms with Crippen LogP contribution in [0.3, 0.4) is 0 Å². The third-order valence-corrected chi connectivity index (χ3v) is 4.68. The molecule has 0 aromatic carbocycles. The number of hydrogen-bond donors (Lipinski definition) is 2. The summed E-state index contributed by atoms with van der Waals surface area (Å²) in [5, 5.41) is 0. The number of nitrogens with two attached hydrogens (primary N) is 1. The van der Waals surface area contributed by atoms with Gasteiger partial charge in [0.1, 0.15) is 0 Å². The first kappa shape index (κ1) is 13.6. The van der Waals surface area contributed by atoms with Crippen LogP contribution >= 0.6 is 43.2 Å². The van der Waals surface area contributed by atoms with E-state index in [1.54, 1.807) is 11.3 Å². The van der Waals surface area contributed by atoms with Crippen molar-refractivity contribution in [1.82, 2.24) is 5.43 Å². The summed E-state index contributed by atoms with van der Waals surface area (Å²) in [6.07, 6.45) is 2.24. The molecule has 0 aliphatic heterocycles. The normalized spacial score (nSPS) is 13.5. The Kier molecular flexibility index (Phi) is 5.77. The zero-order chi connectivity index (χ0) is 11.4. The molecule has 0 fully saturated rings. The fourth-order valence-electron chi connectivity index (χ4n) is 1.42. The highest BCUT2D eigenvalue weighted by molar-refractivity contribution is 9.12. The molecule has 1 aromatic heterocycles. The fraction of sp³-hybridized carbons (Fsp3) is 0.600. The summed E-state index contributed by atoms with van der Waals surface area (Å²) in [4.78, 5) is 0. The Morgan fingerprint density at radius 1 is 1.40 bits per heavy atom. The van der Waals surface area contributed by atoms with E-state index in [9.17, 15) is 0 Å². The van der Waals surface area contributed by atoms with E-state index in [0.717, 1.165) is 14.0 Å². The van der Waals surface area contributed by atoms with Crippen LogP contribution in [0.1, 0.15) is 38.3 Å². The number of halogens is 2. The topological polar surface area (TPSA) is 38.0 Å². The van der Waals surface area contributed by atoms with E-state index in [1.165, 1.54) is 12.0 Å². The van der Waals surface area contributed by atoms with Gasteiger partial charge in [-0.1, -0.05) is 13.8 Å². The third kappa shape index (κ3) is 4.15. The molecule has 0 bridgehead atoms. The minimum absolute atomic E-state index is 0.240. The maximum atomic E-state index is 5.59. The lowest BCUT2D eigenvalue weighted by Gasteiger charge is -2.16. The number of hydrogen-bond acceptors (Lipinski definition) is 3. The average molecular weight is 356 g/mol. The summed E-state index contributed by atoms with van der Waals surface area (Å²) >= 11 is 8.72. The van der Waals surface area contributed by atoms with Crippen molar-refractivity contribution in [3.63, 3.8) is 0 Å². The molecule has 2 nitrogen and oxygen atoms in total. The highest BCUT2D eigenvalue weighted by Gasteiger charge is 2.16. The van der Waals surface area contributed by atoms with E-state index in [2.05, 4.69) is 57.2 Å². The number of rotatable bonds is 5. The SMILES string of the molecule is CC(C)CCC(NN)c1cc(Br)sc1Br. The molecule has 1 rings (SSSR count). The van der Waals surface area contributed by atoms with Gasteiger partial charge in [-0.15, -0.1) is 11.3 Å². The molecule has 3 N–H and O–H groups in total. The largest absolute Gasteiger partial charge is 0.271 e. The van der Waals surface area contributed by atoms with Crippen molar-refractivity contribution >= 4 is 43.2 Å². The Labute approximate surface area is 112 Å². The van der Waals surface area contributed by atoms with Crippen LogP contribution in [0.5, 0.6) is 0 Å². The van der Waals surface area contributed by atoms with Gasteiger partial charge in [-0.3, -0.25) is 11.3 Å². The highest BCUT2D eigenvalue weighted by Crippen LogP contribution is 2.36. The van der Waals surface area contributed by atoms with Crippen molar-refractivity contribution in [3.05, 3.63) is 19.2 Å². The zero-order valence-electron chi connectivity index (χ0n) is 8.89. The average Bonchev–Trinajstić information content (AvgIpc) is 2.46. The highest BCUT2D eigenvalue weighted by atomic mass is 79.9. The van der Waals surface area contributed by atoms with Crippen LogP contribution in [0, 0.1) is 5.92 Å². The van der Waals surface area contributed by atoms with Gasteiger partial charge in [0, 0.05) is 6.04 Å². The van der Waals surface area contributed by atoms with Gasteiger partial charge >= 0.3 is 0 Å². The Morgan fingerprint density at radius 2 is 2.07 bits per heavy atom. The number of thiophene rings is 1. The fourth-order valence-corrected chi connectivity index (χ4v) is 4.39. The lowest BCUT2D eigenvalue weighted by Crippen LogP contribution is -2.28. The quantitative estimate of drug-likeness (QED) is 0.613. The zero-order valence-corrected chi connectivity index (χ0v) is 12.9. The Balaban J connectivity index is 2.69. The molecular weight excluding hydrogens is 340 g/mol. The molecule has 0 aliphatic rings. The van der Waals surface area contributed by atoms with Crippen LogP contribution in [0.2, 0.25) is 0 Å². The molecule has 15 heavy (non-hydrogen) atoms. The van der Waals surface area contributed by atoms with Crippen LogP contribution in [-0.4, -0.2) is 0 Å². The molecule has 5 heteroatoms. The Bertz CT molecular complexity index is 312. The van der Waals surface area contributed by atoms with Gasteiger partial charge in [0.25, 0.3) is 0 Å². The second kappa shape index (κ2) is 6.35. The Hall–Kier alpha value is 0.580. The molecule has 0 spiro atoms. The van der Waals surface area contributed by atoms with Crippen molar-refractivity contribution in [2.24, 2.45) is 11.8 Å². The van der Waals surface area contributed by atoms with Gasteiger partial charge in [-0.05, 0) is 62.2 Å². The van der Waals surface area contributed by atoms with Crippen molar-refractivity contribution < 1.29 is 0 Å². The minimum Gasteiger partial charge on any atom is -0.271 e.